The van der Waals surface area contributed by atoms with Gasteiger partial charge in [-0.15, -0.1) is 0 Å². The molecule has 0 saturated carbocycles. The second-order valence-corrected chi connectivity index (χ2v) is 17.7. The molecule has 0 atom stereocenters. The average Bonchev–Trinajstić information content (AvgIpc) is 4.07. The molecule has 0 spiro atoms. The third-order valence-corrected chi connectivity index (χ3v) is 13.9. The Morgan fingerprint density at radius 2 is 0.779 bits per heavy atom. The lowest BCUT2D eigenvalue weighted by atomic mass is 9.99. The molecule has 0 bridgehead atoms. The number of furan rings is 1. The second kappa shape index (κ2) is 15.2. The number of benzene rings is 11. The zero-order valence-electron chi connectivity index (χ0n) is 36.9. The van der Waals surface area contributed by atoms with E-state index in [1.165, 1.54) is 65.5 Å². The van der Waals surface area contributed by atoms with Gasteiger partial charge in [0.15, 0.2) is 0 Å². The molecule has 0 N–H and O–H groups in total. The monoisotopic (exact) mass is 867 g/mol. The minimum Gasteiger partial charge on any atom is -0.455 e. The topological polar surface area (TPSA) is 26.2 Å². The van der Waals surface area contributed by atoms with Crippen LogP contribution in [0.5, 0.6) is 0 Å². The first-order valence-electron chi connectivity index (χ1n) is 23.2. The Labute approximate surface area is 392 Å². The van der Waals surface area contributed by atoms with Crippen LogP contribution in [-0.4, -0.2) is 9.13 Å². The lowest BCUT2D eigenvalue weighted by molar-refractivity contribution is 0.670. The van der Waals surface area contributed by atoms with E-state index in [0.717, 1.165) is 61.5 Å². The van der Waals surface area contributed by atoms with Gasteiger partial charge in [-0.1, -0.05) is 152 Å². The summed E-state index contributed by atoms with van der Waals surface area (Å²) in [6.07, 6.45) is 0. The number of anilines is 3. The van der Waals surface area contributed by atoms with Crippen molar-refractivity contribution in [3.05, 3.63) is 249 Å². The first-order valence-corrected chi connectivity index (χ1v) is 23.2. The molecule has 68 heavy (non-hydrogen) atoms. The van der Waals surface area contributed by atoms with E-state index >= 15 is 0 Å². The van der Waals surface area contributed by atoms with Crippen LogP contribution in [0, 0.1) is 0 Å². The van der Waals surface area contributed by atoms with Crippen LogP contribution in [0.2, 0.25) is 0 Å². The Hall–Kier alpha value is -9.12. The van der Waals surface area contributed by atoms with Crippen LogP contribution < -0.4 is 4.90 Å². The number of hydrogen-bond acceptors (Lipinski definition) is 2. The number of nitrogens with zero attached hydrogens (tertiary/aromatic N) is 3. The summed E-state index contributed by atoms with van der Waals surface area (Å²) in [5.41, 5.74) is 16.7. The van der Waals surface area contributed by atoms with E-state index in [1.54, 1.807) is 0 Å². The fourth-order valence-corrected chi connectivity index (χ4v) is 10.7. The quantitative estimate of drug-likeness (QED) is 0.160. The smallest absolute Gasteiger partial charge is 0.143 e. The molecule has 11 aromatic carbocycles. The zero-order chi connectivity index (χ0) is 44.7. The molecule has 4 heteroatoms. The molecule has 0 aliphatic rings. The standard InChI is InChI=1S/C64H41N3O/c1-2-13-47(14-3-1)67-61-23-10-6-17-55(61)56-38-30-46(41-62(56)67)43-25-26-45-40-51(33-29-44(45)39-43)65(48-31-27-42(28-32-48)52-19-12-20-58-57-18-7-11-24-63(57)68-64(52)58)49-34-36-50(37-35-49)66-59-21-8-4-15-53(59)54-16-5-9-22-60(54)66/h1-41H. The van der Waals surface area contributed by atoms with E-state index < -0.39 is 0 Å². The number of aromatic nitrogens is 2. The van der Waals surface area contributed by atoms with E-state index in [0.29, 0.717) is 0 Å². The predicted molar refractivity (Wildman–Crippen MR) is 285 cm³/mol. The molecule has 0 aliphatic carbocycles. The molecule has 0 unspecified atom stereocenters. The Kier molecular flexibility index (Phi) is 8.55. The van der Waals surface area contributed by atoms with Gasteiger partial charge in [-0.25, -0.2) is 0 Å². The van der Waals surface area contributed by atoms with Gasteiger partial charge in [-0.2, -0.15) is 0 Å². The highest BCUT2D eigenvalue weighted by molar-refractivity contribution is 6.12. The number of rotatable bonds is 7. The van der Waals surface area contributed by atoms with Crippen LogP contribution in [0.4, 0.5) is 17.1 Å². The van der Waals surface area contributed by atoms with Crippen molar-refractivity contribution in [3.63, 3.8) is 0 Å². The largest absolute Gasteiger partial charge is 0.455 e. The highest BCUT2D eigenvalue weighted by atomic mass is 16.3. The van der Waals surface area contributed by atoms with Crippen molar-refractivity contribution in [3.8, 4) is 33.6 Å². The fourth-order valence-electron chi connectivity index (χ4n) is 10.7. The minimum absolute atomic E-state index is 0.901. The molecule has 0 saturated heterocycles. The first-order chi connectivity index (χ1) is 33.7. The van der Waals surface area contributed by atoms with Gasteiger partial charge in [-0.3, -0.25) is 0 Å². The summed E-state index contributed by atoms with van der Waals surface area (Å²) < 4.78 is 11.2. The van der Waals surface area contributed by atoms with Gasteiger partial charge < -0.3 is 18.5 Å². The first kappa shape index (κ1) is 38.2. The van der Waals surface area contributed by atoms with Gasteiger partial charge in [0.1, 0.15) is 11.2 Å². The molecular weight excluding hydrogens is 827 g/mol. The maximum atomic E-state index is 6.47. The average molecular weight is 868 g/mol. The summed E-state index contributed by atoms with van der Waals surface area (Å²) in [5, 5.41) is 9.63. The number of para-hydroxylation sites is 6. The third kappa shape index (κ3) is 6.01. The Bertz CT molecular complexity index is 4200. The van der Waals surface area contributed by atoms with E-state index in [2.05, 4.69) is 251 Å². The highest BCUT2D eigenvalue weighted by Gasteiger charge is 2.19. The molecule has 0 fully saturated rings. The zero-order valence-corrected chi connectivity index (χ0v) is 36.9. The molecule has 14 aromatic rings. The van der Waals surface area contributed by atoms with Gasteiger partial charge >= 0.3 is 0 Å². The normalized spacial score (nSPS) is 11.8. The molecule has 318 valence electrons. The lowest BCUT2D eigenvalue weighted by Crippen LogP contribution is -2.10. The van der Waals surface area contributed by atoms with Crippen LogP contribution in [0.15, 0.2) is 253 Å². The van der Waals surface area contributed by atoms with Crippen molar-refractivity contribution < 1.29 is 4.42 Å². The minimum atomic E-state index is 0.901. The second-order valence-electron chi connectivity index (χ2n) is 17.7. The third-order valence-electron chi connectivity index (χ3n) is 13.9. The summed E-state index contributed by atoms with van der Waals surface area (Å²) >= 11 is 0. The van der Waals surface area contributed by atoms with E-state index in [4.69, 9.17) is 4.42 Å². The van der Waals surface area contributed by atoms with Crippen LogP contribution in [-0.2, 0) is 0 Å². The van der Waals surface area contributed by atoms with Gasteiger partial charge in [0.25, 0.3) is 0 Å². The molecule has 3 heterocycles. The maximum absolute atomic E-state index is 6.47. The molecule has 14 rings (SSSR count). The van der Waals surface area contributed by atoms with Gasteiger partial charge in [0.05, 0.1) is 22.1 Å². The van der Waals surface area contributed by atoms with Crippen molar-refractivity contribution in [2.75, 3.05) is 4.90 Å². The molecular formula is C64H41N3O. The SMILES string of the molecule is c1ccc(-n2c3ccccc3c3ccc(-c4ccc5cc(N(c6ccc(-c7cccc8c7oc7ccccc78)cc6)c6ccc(-n7c8ccccc8c8ccccc87)cc6)ccc5c4)cc32)cc1. The van der Waals surface area contributed by atoms with E-state index in [-0.39, 0.29) is 0 Å². The van der Waals surface area contributed by atoms with Crippen molar-refractivity contribution in [1.29, 1.82) is 0 Å². The van der Waals surface area contributed by atoms with Gasteiger partial charge in [0.2, 0.25) is 0 Å². The Morgan fingerprint density at radius 3 is 1.49 bits per heavy atom. The molecule has 4 nitrogen and oxygen atoms in total. The van der Waals surface area contributed by atoms with E-state index in [9.17, 15) is 0 Å². The Balaban J connectivity index is 0.873. The lowest BCUT2D eigenvalue weighted by Gasteiger charge is -2.26. The Morgan fingerprint density at radius 1 is 0.294 bits per heavy atom. The van der Waals surface area contributed by atoms with Crippen molar-refractivity contribution in [2.24, 2.45) is 0 Å². The van der Waals surface area contributed by atoms with Crippen molar-refractivity contribution >= 4 is 93.4 Å². The molecule has 0 radical (unpaired) electrons. The fraction of sp³-hybridized carbons (Fsp3) is 0. The van der Waals surface area contributed by atoms with Crippen molar-refractivity contribution in [1.82, 2.24) is 9.13 Å². The molecule has 0 amide bonds. The number of hydrogen-bond donors (Lipinski definition) is 0. The number of fused-ring (bicyclic) bond motifs is 10. The predicted octanol–water partition coefficient (Wildman–Crippen LogP) is 17.7. The summed E-state index contributed by atoms with van der Waals surface area (Å²) in [6, 6.07) is 90.0. The van der Waals surface area contributed by atoms with Crippen LogP contribution in [0.1, 0.15) is 0 Å². The van der Waals surface area contributed by atoms with Crippen molar-refractivity contribution in [2.45, 2.75) is 0 Å². The summed E-state index contributed by atoms with van der Waals surface area (Å²) in [5.74, 6) is 0. The molecule has 3 aromatic heterocycles. The van der Waals surface area contributed by atoms with Crippen LogP contribution >= 0.6 is 0 Å². The summed E-state index contributed by atoms with van der Waals surface area (Å²) in [4.78, 5) is 2.37. The highest BCUT2D eigenvalue weighted by Crippen LogP contribution is 2.42. The summed E-state index contributed by atoms with van der Waals surface area (Å²) in [6.45, 7) is 0. The van der Waals surface area contributed by atoms with Crippen LogP contribution in [0.25, 0.3) is 110 Å². The van der Waals surface area contributed by atoms with Gasteiger partial charge in [-0.05, 0) is 125 Å². The molecule has 0 aliphatic heterocycles. The maximum Gasteiger partial charge on any atom is 0.143 e. The van der Waals surface area contributed by atoms with E-state index in [1.807, 2.05) is 12.1 Å². The van der Waals surface area contributed by atoms with Gasteiger partial charge in [0, 0.05) is 66.3 Å². The summed E-state index contributed by atoms with van der Waals surface area (Å²) in [7, 11) is 0. The van der Waals surface area contributed by atoms with Crippen LogP contribution in [0.3, 0.4) is 0 Å².